The van der Waals surface area contributed by atoms with Crippen molar-refractivity contribution in [1.82, 2.24) is 14.5 Å². The van der Waals surface area contributed by atoms with Crippen LogP contribution in [0.25, 0.3) is 37.8 Å². The molecule has 8 heteroatoms. The summed E-state index contributed by atoms with van der Waals surface area (Å²) >= 11 is 0. The van der Waals surface area contributed by atoms with Crippen LogP contribution in [-0.4, -0.2) is 23.0 Å². The third-order valence-electron chi connectivity index (χ3n) is 5.54. The first-order valence-electron chi connectivity index (χ1n) is 10.1. The van der Waals surface area contributed by atoms with Gasteiger partial charge in [0, 0.05) is 17.1 Å². The summed E-state index contributed by atoms with van der Waals surface area (Å²) in [6, 6.07) is 18.6. The third kappa shape index (κ3) is 3.83. The molecule has 0 aliphatic rings. The Morgan fingerprint density at radius 2 is 1.88 bits per heavy atom. The van der Waals surface area contributed by atoms with Gasteiger partial charge in [-0.3, -0.25) is 9.41 Å². The number of halogens is 1. The van der Waals surface area contributed by atoms with Gasteiger partial charge in [-0.25, -0.2) is 29.3 Å². The van der Waals surface area contributed by atoms with Crippen LogP contribution < -0.4 is 0 Å². The smallest absolute Gasteiger partial charge is 0.293 e. The Morgan fingerprint density at radius 3 is 2.67 bits per heavy atom. The van der Waals surface area contributed by atoms with E-state index in [0.717, 1.165) is 27.5 Å². The Morgan fingerprint density at radius 1 is 1.00 bits per heavy atom. The lowest BCUT2D eigenvalue weighted by Crippen LogP contribution is -2.06. The van der Waals surface area contributed by atoms with E-state index >= 15 is 0 Å². The van der Waals surface area contributed by atoms with E-state index in [0.29, 0.717) is 11.1 Å². The van der Waals surface area contributed by atoms with Crippen molar-refractivity contribution in [2.45, 2.75) is 17.3 Å². The SMILES string of the molecule is [C-]#[N+]Cn1c(-c2cccc3cc(S(=O)(=O)Cc4ccncn4)ccc23)cc2cc(F)ccc21. The minimum Gasteiger partial charge on any atom is -0.293 e. The van der Waals surface area contributed by atoms with Crippen molar-refractivity contribution < 1.29 is 12.8 Å². The molecule has 0 radical (unpaired) electrons. The van der Waals surface area contributed by atoms with Gasteiger partial charge in [0.2, 0.25) is 0 Å². The van der Waals surface area contributed by atoms with E-state index in [9.17, 15) is 12.8 Å². The molecule has 6 nitrogen and oxygen atoms in total. The summed E-state index contributed by atoms with van der Waals surface area (Å²) in [7, 11) is -3.60. The van der Waals surface area contributed by atoms with Crippen LogP contribution in [0.1, 0.15) is 5.69 Å². The van der Waals surface area contributed by atoms with Crippen LogP contribution in [0.3, 0.4) is 0 Å². The highest BCUT2D eigenvalue weighted by Crippen LogP contribution is 2.34. The van der Waals surface area contributed by atoms with Gasteiger partial charge in [-0.15, -0.1) is 0 Å². The lowest BCUT2D eigenvalue weighted by atomic mass is 10.0. The first kappa shape index (κ1) is 20.8. The van der Waals surface area contributed by atoms with Crippen LogP contribution >= 0.6 is 0 Å². The van der Waals surface area contributed by atoms with Gasteiger partial charge >= 0.3 is 0 Å². The van der Waals surface area contributed by atoms with Gasteiger partial charge in [0.25, 0.3) is 6.67 Å². The Labute approximate surface area is 189 Å². The Bertz CT molecular complexity index is 1660. The molecule has 0 saturated heterocycles. The molecule has 33 heavy (non-hydrogen) atoms. The summed E-state index contributed by atoms with van der Waals surface area (Å²) < 4.78 is 41.6. The number of nitrogens with zero attached hydrogens (tertiary/aromatic N) is 4. The van der Waals surface area contributed by atoms with Crippen molar-refractivity contribution >= 4 is 31.5 Å². The van der Waals surface area contributed by atoms with Crippen molar-refractivity contribution in [2.24, 2.45) is 0 Å². The number of hydrogen-bond acceptors (Lipinski definition) is 4. The molecule has 0 amide bonds. The number of hydrogen-bond donors (Lipinski definition) is 0. The van der Waals surface area contributed by atoms with E-state index in [1.165, 1.54) is 24.7 Å². The molecule has 2 heterocycles. The molecule has 5 rings (SSSR count). The molecule has 0 saturated carbocycles. The number of rotatable bonds is 5. The van der Waals surface area contributed by atoms with Crippen LogP contribution in [0.15, 0.2) is 84.1 Å². The van der Waals surface area contributed by atoms with E-state index in [-0.39, 0.29) is 23.1 Å². The van der Waals surface area contributed by atoms with Gasteiger partial charge in [0.1, 0.15) is 12.1 Å². The fourth-order valence-corrected chi connectivity index (χ4v) is 5.36. The molecule has 0 fully saturated rings. The number of sulfone groups is 1. The van der Waals surface area contributed by atoms with Gasteiger partial charge in [-0.1, -0.05) is 24.3 Å². The van der Waals surface area contributed by atoms with Crippen molar-refractivity contribution in [3.63, 3.8) is 0 Å². The molecule has 0 aliphatic carbocycles. The van der Waals surface area contributed by atoms with Crippen molar-refractivity contribution in [2.75, 3.05) is 0 Å². The van der Waals surface area contributed by atoms with Gasteiger partial charge in [-0.2, -0.15) is 0 Å². The fraction of sp³-hybridized carbons (Fsp3) is 0.0800. The molecule has 0 atom stereocenters. The normalized spacial score (nSPS) is 11.6. The first-order chi connectivity index (χ1) is 16.0. The third-order valence-corrected chi connectivity index (χ3v) is 7.19. The van der Waals surface area contributed by atoms with Crippen molar-refractivity contribution in [3.8, 4) is 11.3 Å². The molecule has 0 N–H and O–H groups in total. The topological polar surface area (TPSA) is 69.2 Å². The van der Waals surface area contributed by atoms with Crippen LogP contribution in [0, 0.1) is 12.4 Å². The molecule has 2 aromatic heterocycles. The Kier molecular flexibility index (Phi) is 5.11. The van der Waals surface area contributed by atoms with Gasteiger partial charge in [0.15, 0.2) is 9.84 Å². The summed E-state index contributed by atoms with van der Waals surface area (Å²) in [5.41, 5.74) is 2.81. The predicted molar refractivity (Wildman–Crippen MR) is 124 cm³/mol. The van der Waals surface area contributed by atoms with E-state index in [4.69, 9.17) is 6.57 Å². The van der Waals surface area contributed by atoms with Crippen LogP contribution in [-0.2, 0) is 22.3 Å². The van der Waals surface area contributed by atoms with Crippen LogP contribution in [0.2, 0.25) is 0 Å². The quantitative estimate of drug-likeness (QED) is 0.339. The zero-order valence-electron chi connectivity index (χ0n) is 17.3. The molecule has 0 bridgehead atoms. The molecule has 0 spiro atoms. The van der Waals surface area contributed by atoms with Crippen LogP contribution in [0.5, 0.6) is 0 Å². The molecule has 0 unspecified atom stereocenters. The van der Waals surface area contributed by atoms with Crippen molar-refractivity contribution in [1.29, 1.82) is 0 Å². The van der Waals surface area contributed by atoms with Crippen LogP contribution in [0.4, 0.5) is 4.39 Å². The lowest BCUT2D eigenvalue weighted by Gasteiger charge is -2.11. The van der Waals surface area contributed by atoms with Gasteiger partial charge in [0.05, 0.1) is 27.6 Å². The highest BCUT2D eigenvalue weighted by molar-refractivity contribution is 7.90. The Balaban J connectivity index is 1.64. The zero-order chi connectivity index (χ0) is 23.0. The lowest BCUT2D eigenvalue weighted by molar-refractivity contribution is 0.594. The number of aromatic nitrogens is 3. The summed E-state index contributed by atoms with van der Waals surface area (Å²) in [6.45, 7) is 7.45. The summed E-state index contributed by atoms with van der Waals surface area (Å²) in [5, 5.41) is 2.30. The van der Waals surface area contributed by atoms with Crippen molar-refractivity contribution in [3.05, 3.63) is 102 Å². The zero-order valence-corrected chi connectivity index (χ0v) is 18.1. The van der Waals surface area contributed by atoms with E-state index in [2.05, 4.69) is 14.8 Å². The molecule has 3 aromatic carbocycles. The molecular formula is C25H17FN4O2S. The average molecular weight is 457 g/mol. The largest absolute Gasteiger partial charge is 0.293 e. The fourth-order valence-electron chi connectivity index (χ4n) is 4.05. The predicted octanol–water partition coefficient (Wildman–Crippen LogP) is 5.24. The molecule has 162 valence electrons. The maximum Gasteiger partial charge on any atom is 0.293 e. The van der Waals surface area contributed by atoms with E-state index in [1.807, 2.05) is 28.8 Å². The second-order valence-electron chi connectivity index (χ2n) is 7.61. The maximum absolute atomic E-state index is 13.8. The monoisotopic (exact) mass is 456 g/mol. The Hall–Kier alpha value is -4.09. The standard InChI is InChI=1S/C25H17FN4O2S/c1-27-16-30-24-8-5-19(26)11-18(24)13-25(30)23-4-2-3-17-12-21(6-7-22(17)23)33(31,32)14-20-9-10-28-15-29-20/h2-13,15H,14,16H2. The average Bonchev–Trinajstić information content (AvgIpc) is 3.16. The van der Waals surface area contributed by atoms with E-state index in [1.54, 1.807) is 30.3 Å². The second-order valence-corrected chi connectivity index (χ2v) is 9.60. The molecule has 0 aliphatic heterocycles. The van der Waals surface area contributed by atoms with Gasteiger partial charge in [-0.05, 0) is 53.2 Å². The number of benzene rings is 3. The highest BCUT2D eigenvalue weighted by atomic mass is 32.2. The maximum atomic E-state index is 13.8. The van der Waals surface area contributed by atoms with Gasteiger partial charge < -0.3 is 0 Å². The molecule has 5 aromatic rings. The number of fused-ring (bicyclic) bond motifs is 2. The summed E-state index contributed by atoms with van der Waals surface area (Å²) in [5.74, 6) is -0.559. The highest BCUT2D eigenvalue weighted by Gasteiger charge is 2.19. The second kappa shape index (κ2) is 8.11. The molecular weight excluding hydrogens is 439 g/mol. The van der Waals surface area contributed by atoms with E-state index < -0.39 is 9.84 Å². The summed E-state index contributed by atoms with van der Waals surface area (Å²) in [4.78, 5) is 11.6. The summed E-state index contributed by atoms with van der Waals surface area (Å²) in [6.07, 6.45) is 2.84. The minimum atomic E-state index is -3.60. The first-order valence-corrected chi connectivity index (χ1v) is 11.7. The minimum absolute atomic E-state index is 0.0895.